The zero-order valence-electron chi connectivity index (χ0n) is 10.2. The first kappa shape index (κ1) is 14.8. The second kappa shape index (κ2) is 10.3. The lowest BCUT2D eigenvalue weighted by atomic mass is 9.58. The van der Waals surface area contributed by atoms with Gasteiger partial charge in [0.1, 0.15) is 7.28 Å². The Morgan fingerprint density at radius 3 is 2.21 bits per heavy atom. The Hall–Kier alpha value is 0.795. The molecule has 0 N–H and O–H groups in total. The summed E-state index contributed by atoms with van der Waals surface area (Å²) in [6.07, 6.45) is 8.62. The van der Waals surface area contributed by atoms with Crippen LogP contribution in [0, 0.1) is 5.92 Å². The quantitative estimate of drug-likeness (QED) is 0.251. The summed E-state index contributed by atoms with van der Waals surface area (Å²) < 4.78 is 1.34. The largest absolute Gasteiger partial charge is 0.125 e. The molecule has 2 heteroatoms. The van der Waals surface area contributed by atoms with Gasteiger partial charge in [0.15, 0.2) is 0 Å². The van der Waals surface area contributed by atoms with E-state index in [2.05, 4.69) is 43.4 Å². The van der Waals surface area contributed by atoms with Crippen LogP contribution < -0.4 is 0 Å². The van der Waals surface area contributed by atoms with Gasteiger partial charge in [-0.25, -0.2) is 0 Å². The molecule has 0 aromatic carbocycles. The van der Waals surface area contributed by atoms with Gasteiger partial charge in [0.2, 0.25) is 0 Å². The van der Waals surface area contributed by atoms with Crippen molar-refractivity contribution in [1.29, 1.82) is 0 Å². The standard InChI is InChI=1S/C12H26BI/c1-4-5-6-7-8-9-13-12(10-14)11(2)3/h11-13H,4-10H2,1-3H3. The summed E-state index contributed by atoms with van der Waals surface area (Å²) in [5, 5.41) is 0. The number of hydrogen-bond donors (Lipinski definition) is 0. The van der Waals surface area contributed by atoms with Crippen molar-refractivity contribution in [1.82, 2.24) is 0 Å². The van der Waals surface area contributed by atoms with Gasteiger partial charge >= 0.3 is 0 Å². The van der Waals surface area contributed by atoms with Crippen LogP contribution >= 0.6 is 22.6 Å². The highest BCUT2D eigenvalue weighted by Gasteiger charge is 2.12. The monoisotopic (exact) mass is 308 g/mol. The molecule has 0 spiro atoms. The van der Waals surface area contributed by atoms with Crippen molar-refractivity contribution < 1.29 is 0 Å². The van der Waals surface area contributed by atoms with Crippen LogP contribution in [-0.4, -0.2) is 11.7 Å². The molecule has 14 heavy (non-hydrogen) atoms. The van der Waals surface area contributed by atoms with Crippen LogP contribution in [0.3, 0.4) is 0 Å². The van der Waals surface area contributed by atoms with Crippen molar-refractivity contribution in [3.63, 3.8) is 0 Å². The molecule has 0 amide bonds. The van der Waals surface area contributed by atoms with E-state index < -0.39 is 0 Å². The van der Waals surface area contributed by atoms with E-state index in [1.165, 1.54) is 50.1 Å². The topological polar surface area (TPSA) is 0 Å². The van der Waals surface area contributed by atoms with Crippen LogP contribution in [0.1, 0.15) is 52.9 Å². The minimum atomic E-state index is 0.877. The van der Waals surface area contributed by atoms with Crippen molar-refractivity contribution in [3.8, 4) is 0 Å². The molecule has 0 aliphatic heterocycles. The number of alkyl halides is 1. The van der Waals surface area contributed by atoms with E-state index >= 15 is 0 Å². The minimum absolute atomic E-state index is 0.877. The van der Waals surface area contributed by atoms with Crippen molar-refractivity contribution in [2.45, 2.75) is 65.0 Å². The summed E-state index contributed by atoms with van der Waals surface area (Å²) in [7, 11) is 1.45. The fourth-order valence-electron chi connectivity index (χ4n) is 1.78. The number of halogens is 1. The zero-order valence-corrected chi connectivity index (χ0v) is 12.3. The molecule has 0 bridgehead atoms. The molecule has 0 fully saturated rings. The normalized spacial score (nSPS) is 13.2. The van der Waals surface area contributed by atoms with E-state index in [1.54, 1.807) is 0 Å². The maximum Gasteiger partial charge on any atom is 0.125 e. The molecule has 0 rings (SSSR count). The van der Waals surface area contributed by atoms with Crippen molar-refractivity contribution >= 4 is 29.9 Å². The second-order valence-corrected chi connectivity index (χ2v) is 5.60. The van der Waals surface area contributed by atoms with E-state index in [0.29, 0.717) is 0 Å². The Bertz CT molecular complexity index is 115. The molecule has 0 aliphatic rings. The number of rotatable bonds is 9. The Morgan fingerprint density at radius 1 is 1.07 bits per heavy atom. The van der Waals surface area contributed by atoms with Gasteiger partial charge in [0.25, 0.3) is 0 Å². The maximum atomic E-state index is 2.54. The van der Waals surface area contributed by atoms with Crippen LogP contribution in [0.5, 0.6) is 0 Å². The van der Waals surface area contributed by atoms with E-state index in [4.69, 9.17) is 0 Å². The van der Waals surface area contributed by atoms with Gasteiger partial charge in [-0.1, -0.05) is 93.5 Å². The zero-order chi connectivity index (χ0) is 10.8. The average molecular weight is 308 g/mol. The molecule has 84 valence electrons. The van der Waals surface area contributed by atoms with Crippen LogP contribution in [0.2, 0.25) is 12.1 Å². The van der Waals surface area contributed by atoms with Gasteiger partial charge in [-0.05, 0) is 4.43 Å². The predicted octanol–water partition coefficient (Wildman–Crippen LogP) is 4.69. The van der Waals surface area contributed by atoms with Crippen molar-refractivity contribution in [2.24, 2.45) is 5.92 Å². The smallest absolute Gasteiger partial charge is 0.0868 e. The van der Waals surface area contributed by atoms with Gasteiger partial charge in [0, 0.05) is 0 Å². The Morgan fingerprint density at radius 2 is 1.71 bits per heavy atom. The van der Waals surface area contributed by atoms with Gasteiger partial charge in [0.05, 0.1) is 0 Å². The first-order valence-electron chi connectivity index (χ1n) is 6.28. The lowest BCUT2D eigenvalue weighted by Crippen LogP contribution is -2.11. The lowest BCUT2D eigenvalue weighted by Gasteiger charge is -2.16. The van der Waals surface area contributed by atoms with E-state index in [-0.39, 0.29) is 0 Å². The second-order valence-electron chi connectivity index (χ2n) is 4.71. The van der Waals surface area contributed by atoms with Crippen LogP contribution in [0.4, 0.5) is 0 Å². The third-order valence-electron chi connectivity index (χ3n) is 3.07. The van der Waals surface area contributed by atoms with Crippen molar-refractivity contribution in [2.75, 3.05) is 4.43 Å². The first-order chi connectivity index (χ1) is 6.72. The van der Waals surface area contributed by atoms with Crippen LogP contribution in [-0.2, 0) is 0 Å². The van der Waals surface area contributed by atoms with Gasteiger partial charge in [-0.15, -0.1) is 0 Å². The Labute approximate surface area is 105 Å². The third kappa shape index (κ3) is 8.13. The molecule has 0 aromatic heterocycles. The minimum Gasteiger partial charge on any atom is -0.0868 e. The molecule has 0 aromatic rings. The number of unbranched alkanes of at least 4 members (excludes halogenated alkanes) is 4. The summed E-state index contributed by atoms with van der Waals surface area (Å²) >= 11 is 2.54. The molecule has 0 saturated heterocycles. The fourth-order valence-corrected chi connectivity index (χ4v) is 3.23. The summed E-state index contributed by atoms with van der Waals surface area (Å²) in [4.78, 5) is 0. The number of hydrogen-bond acceptors (Lipinski definition) is 0. The predicted molar refractivity (Wildman–Crippen MR) is 78.2 cm³/mol. The molecule has 1 atom stereocenters. The van der Waals surface area contributed by atoms with Crippen LogP contribution in [0.25, 0.3) is 0 Å². The summed E-state index contributed by atoms with van der Waals surface area (Å²) in [5.41, 5.74) is 0. The summed E-state index contributed by atoms with van der Waals surface area (Å²) in [6, 6.07) is 0. The summed E-state index contributed by atoms with van der Waals surface area (Å²) in [6.45, 7) is 7.01. The molecule has 0 saturated carbocycles. The molecule has 0 aliphatic carbocycles. The summed E-state index contributed by atoms with van der Waals surface area (Å²) in [5.74, 6) is 1.84. The molecule has 0 nitrogen and oxygen atoms in total. The van der Waals surface area contributed by atoms with E-state index in [1.807, 2.05) is 0 Å². The van der Waals surface area contributed by atoms with E-state index in [9.17, 15) is 0 Å². The van der Waals surface area contributed by atoms with Gasteiger partial charge < -0.3 is 0 Å². The average Bonchev–Trinajstić information content (AvgIpc) is 2.16. The first-order valence-corrected chi connectivity index (χ1v) is 7.80. The third-order valence-corrected chi connectivity index (χ3v) is 4.20. The lowest BCUT2D eigenvalue weighted by molar-refractivity contribution is 0.620. The van der Waals surface area contributed by atoms with Gasteiger partial charge in [-0.3, -0.25) is 0 Å². The Balaban J connectivity index is 3.25. The Kier molecular flexibility index (Phi) is 10.9. The van der Waals surface area contributed by atoms with Crippen molar-refractivity contribution in [3.05, 3.63) is 0 Å². The molecule has 0 heterocycles. The van der Waals surface area contributed by atoms with Gasteiger partial charge in [-0.2, -0.15) is 0 Å². The highest BCUT2D eigenvalue weighted by Crippen LogP contribution is 2.21. The SMILES string of the molecule is CCCCCCCBC(CI)C(C)C. The highest BCUT2D eigenvalue weighted by atomic mass is 127. The molecule has 1 unspecified atom stereocenters. The fraction of sp³-hybridized carbons (Fsp3) is 1.00. The molecular weight excluding hydrogens is 282 g/mol. The highest BCUT2D eigenvalue weighted by molar-refractivity contribution is 14.1. The van der Waals surface area contributed by atoms with E-state index in [0.717, 1.165) is 11.7 Å². The molecule has 0 radical (unpaired) electrons. The van der Waals surface area contributed by atoms with Crippen LogP contribution in [0.15, 0.2) is 0 Å². The maximum absolute atomic E-state index is 2.54. The molecular formula is C12H26BI.